The summed E-state index contributed by atoms with van der Waals surface area (Å²) in [4.78, 5) is 39.6. The number of imidazole rings is 1. The van der Waals surface area contributed by atoms with Gasteiger partial charge in [0.1, 0.15) is 11.3 Å². The van der Waals surface area contributed by atoms with Gasteiger partial charge in [-0.05, 0) is 40.5 Å². The van der Waals surface area contributed by atoms with E-state index in [2.05, 4.69) is 25.4 Å². The third-order valence-corrected chi connectivity index (χ3v) is 5.59. The highest BCUT2D eigenvalue weighted by Crippen LogP contribution is 2.30. The van der Waals surface area contributed by atoms with Gasteiger partial charge in [-0.25, -0.2) is 28.8 Å². The van der Waals surface area contributed by atoms with Crippen LogP contribution in [0.4, 0.5) is 14.9 Å². The van der Waals surface area contributed by atoms with Crippen LogP contribution in [-0.4, -0.2) is 57.7 Å². The first-order valence-electron chi connectivity index (χ1n) is 11.9. The maximum Gasteiger partial charge on any atom is 0.410 e. The zero-order chi connectivity index (χ0) is 26.3. The fraction of sp³-hybridized carbons (Fsp3) is 0.360. The van der Waals surface area contributed by atoms with Crippen molar-refractivity contribution in [2.45, 2.75) is 58.7 Å². The van der Waals surface area contributed by atoms with Crippen LogP contribution in [0, 0.1) is 12.7 Å². The van der Waals surface area contributed by atoms with Crippen molar-refractivity contribution in [1.82, 2.24) is 34.0 Å². The molecule has 1 N–H and O–H groups in total. The van der Waals surface area contributed by atoms with Crippen LogP contribution in [0.5, 0.6) is 0 Å². The van der Waals surface area contributed by atoms with E-state index in [4.69, 9.17) is 4.74 Å². The summed E-state index contributed by atoms with van der Waals surface area (Å²) in [6.07, 6.45) is 10.9. The number of carbonyl (C=O) groups is 2. The first kappa shape index (κ1) is 24.3. The van der Waals surface area contributed by atoms with Crippen LogP contribution in [-0.2, 0) is 11.3 Å². The number of amides is 2. The Labute approximate surface area is 212 Å². The number of carbonyl (C=O) groups excluding carboxylic acids is 2. The predicted molar refractivity (Wildman–Crippen MR) is 132 cm³/mol. The van der Waals surface area contributed by atoms with Gasteiger partial charge < -0.3 is 19.4 Å². The van der Waals surface area contributed by atoms with Crippen LogP contribution in [0.2, 0.25) is 0 Å². The van der Waals surface area contributed by atoms with Crippen molar-refractivity contribution in [3.8, 4) is 5.82 Å². The standard InChI is InChI=1S/C25H27FN8O3/c1-15-11-32-14-17(7-19(26)22(32)30-15)31-23(35)20-9-28-21(10-27-20)34-13-16(8-29-34)12-33(18-5-6-18)24(36)37-25(2,3)4/h7-11,13-14,18H,5-6,12H2,1-4H3,(H,31,35). The SMILES string of the molecule is Cc1cn2cc(NC(=O)c3cnc(-n4cc(CN(C(=O)OC(C)(C)C)C5CC5)cn4)cn3)cc(F)c2n1. The summed E-state index contributed by atoms with van der Waals surface area (Å²) in [6, 6.07) is 1.37. The second kappa shape index (κ2) is 9.26. The van der Waals surface area contributed by atoms with Crippen LogP contribution < -0.4 is 5.32 Å². The fourth-order valence-electron chi connectivity index (χ4n) is 3.81. The van der Waals surface area contributed by atoms with Gasteiger partial charge in [0, 0.05) is 36.3 Å². The molecule has 4 heterocycles. The summed E-state index contributed by atoms with van der Waals surface area (Å²) in [6.45, 7) is 7.65. The molecule has 5 rings (SSSR count). The molecule has 37 heavy (non-hydrogen) atoms. The number of nitrogens with zero attached hydrogens (tertiary/aromatic N) is 7. The van der Waals surface area contributed by atoms with Crippen LogP contribution in [0.1, 0.15) is 55.4 Å². The van der Waals surface area contributed by atoms with Gasteiger partial charge in [0.05, 0.1) is 36.5 Å². The summed E-state index contributed by atoms with van der Waals surface area (Å²) >= 11 is 0. The number of hydrogen-bond acceptors (Lipinski definition) is 7. The molecule has 0 radical (unpaired) electrons. The molecule has 0 aromatic carbocycles. The maximum atomic E-state index is 14.3. The molecule has 1 saturated carbocycles. The number of hydrogen-bond donors (Lipinski definition) is 1. The van der Waals surface area contributed by atoms with E-state index >= 15 is 0 Å². The van der Waals surface area contributed by atoms with Crippen molar-refractivity contribution in [3.63, 3.8) is 0 Å². The molecule has 0 bridgehead atoms. The molecule has 0 unspecified atom stereocenters. The second-order valence-electron chi connectivity index (χ2n) is 10.0. The van der Waals surface area contributed by atoms with E-state index in [1.54, 1.807) is 36.6 Å². The van der Waals surface area contributed by atoms with Crippen molar-refractivity contribution in [2.24, 2.45) is 0 Å². The first-order chi connectivity index (χ1) is 17.6. The van der Waals surface area contributed by atoms with Crippen molar-refractivity contribution in [1.29, 1.82) is 0 Å². The Kier molecular flexibility index (Phi) is 6.10. The third kappa shape index (κ3) is 5.57. The number of ether oxygens (including phenoxy) is 1. The van der Waals surface area contributed by atoms with Crippen molar-refractivity contribution >= 4 is 23.3 Å². The Hall–Kier alpha value is -4.35. The van der Waals surface area contributed by atoms with Crippen LogP contribution in [0.15, 0.2) is 43.2 Å². The van der Waals surface area contributed by atoms with E-state index in [1.165, 1.54) is 27.5 Å². The normalized spacial score (nSPS) is 13.5. The van der Waals surface area contributed by atoms with Gasteiger partial charge in [-0.15, -0.1) is 0 Å². The quantitative estimate of drug-likeness (QED) is 0.421. The summed E-state index contributed by atoms with van der Waals surface area (Å²) in [5.74, 6) is -0.679. The molecule has 0 aliphatic heterocycles. The highest BCUT2D eigenvalue weighted by Gasteiger charge is 2.35. The maximum absolute atomic E-state index is 14.3. The lowest BCUT2D eigenvalue weighted by atomic mass is 10.2. The number of aromatic nitrogens is 6. The zero-order valence-corrected chi connectivity index (χ0v) is 21.0. The van der Waals surface area contributed by atoms with Gasteiger partial charge in [0.15, 0.2) is 17.3 Å². The highest BCUT2D eigenvalue weighted by atomic mass is 19.1. The van der Waals surface area contributed by atoms with Gasteiger partial charge in [0.2, 0.25) is 0 Å². The lowest BCUT2D eigenvalue weighted by Gasteiger charge is -2.27. The van der Waals surface area contributed by atoms with Gasteiger partial charge in [-0.1, -0.05) is 0 Å². The van der Waals surface area contributed by atoms with E-state index < -0.39 is 17.3 Å². The lowest BCUT2D eigenvalue weighted by molar-refractivity contribution is 0.0216. The van der Waals surface area contributed by atoms with Gasteiger partial charge in [-0.2, -0.15) is 5.10 Å². The predicted octanol–water partition coefficient (Wildman–Crippen LogP) is 3.91. The second-order valence-corrected chi connectivity index (χ2v) is 10.0. The largest absolute Gasteiger partial charge is 0.444 e. The number of nitrogens with one attached hydrogen (secondary N) is 1. The number of anilines is 1. The number of halogens is 1. The van der Waals surface area contributed by atoms with E-state index in [-0.39, 0.29) is 29.2 Å². The average Bonchev–Trinajstić information content (AvgIpc) is 3.42. The van der Waals surface area contributed by atoms with E-state index in [0.717, 1.165) is 18.4 Å². The smallest absolute Gasteiger partial charge is 0.410 e. The molecule has 0 atom stereocenters. The van der Waals surface area contributed by atoms with E-state index in [9.17, 15) is 14.0 Å². The van der Waals surface area contributed by atoms with Crippen molar-refractivity contribution in [2.75, 3.05) is 5.32 Å². The van der Waals surface area contributed by atoms with Crippen molar-refractivity contribution in [3.05, 3.63) is 66.0 Å². The van der Waals surface area contributed by atoms with Gasteiger partial charge >= 0.3 is 6.09 Å². The molecule has 1 fully saturated rings. The summed E-state index contributed by atoms with van der Waals surface area (Å²) in [7, 11) is 0. The average molecular weight is 507 g/mol. The van der Waals surface area contributed by atoms with Gasteiger partial charge in [0.25, 0.3) is 5.91 Å². The molecule has 4 aromatic rings. The Balaban J connectivity index is 1.25. The molecule has 2 amide bonds. The lowest BCUT2D eigenvalue weighted by Crippen LogP contribution is -2.37. The van der Waals surface area contributed by atoms with E-state index in [0.29, 0.717) is 18.1 Å². The number of rotatable bonds is 6. The Morgan fingerprint density at radius 3 is 2.62 bits per heavy atom. The summed E-state index contributed by atoms with van der Waals surface area (Å²) in [5, 5.41) is 6.95. The molecular weight excluding hydrogens is 479 g/mol. The zero-order valence-electron chi connectivity index (χ0n) is 21.0. The third-order valence-electron chi connectivity index (χ3n) is 5.59. The first-order valence-corrected chi connectivity index (χ1v) is 11.9. The summed E-state index contributed by atoms with van der Waals surface area (Å²) < 4.78 is 22.9. The molecule has 11 nitrogen and oxygen atoms in total. The molecular formula is C25H27FN8O3. The molecule has 1 aliphatic rings. The van der Waals surface area contributed by atoms with Crippen LogP contribution in [0.3, 0.4) is 0 Å². The summed E-state index contributed by atoms with van der Waals surface area (Å²) in [5.41, 5.74) is 1.41. The fourth-order valence-corrected chi connectivity index (χ4v) is 3.81. The number of pyridine rings is 1. The van der Waals surface area contributed by atoms with Crippen LogP contribution >= 0.6 is 0 Å². The monoisotopic (exact) mass is 506 g/mol. The Bertz CT molecular complexity index is 1470. The molecule has 1 aliphatic carbocycles. The Morgan fingerprint density at radius 2 is 1.95 bits per heavy atom. The Morgan fingerprint density at radius 1 is 1.16 bits per heavy atom. The minimum absolute atomic E-state index is 0.0586. The van der Waals surface area contributed by atoms with Crippen molar-refractivity contribution < 1.29 is 18.7 Å². The number of aryl methyl sites for hydroxylation is 1. The highest BCUT2D eigenvalue weighted by molar-refractivity contribution is 6.02. The molecule has 192 valence electrons. The van der Waals surface area contributed by atoms with E-state index in [1.807, 2.05) is 20.8 Å². The molecule has 0 saturated heterocycles. The van der Waals surface area contributed by atoms with Gasteiger partial charge in [-0.3, -0.25) is 4.79 Å². The molecule has 12 heteroatoms. The number of fused-ring (bicyclic) bond motifs is 1. The van der Waals surface area contributed by atoms with Crippen LogP contribution in [0.25, 0.3) is 11.5 Å². The molecule has 0 spiro atoms. The topological polar surface area (TPSA) is 120 Å². The minimum Gasteiger partial charge on any atom is -0.444 e. The minimum atomic E-state index is -0.572. The molecule has 4 aromatic heterocycles.